The van der Waals surface area contributed by atoms with Crippen LogP contribution in [0.3, 0.4) is 0 Å². The Labute approximate surface area is 111 Å². The summed E-state index contributed by atoms with van der Waals surface area (Å²) in [5.41, 5.74) is 5.83. The van der Waals surface area contributed by atoms with Crippen LogP contribution in [0.25, 0.3) is 11.5 Å². The van der Waals surface area contributed by atoms with E-state index in [-0.39, 0.29) is 11.6 Å². The van der Waals surface area contributed by atoms with E-state index >= 15 is 0 Å². The zero-order valence-electron chi connectivity index (χ0n) is 11.1. The Morgan fingerprint density at radius 2 is 1.89 bits per heavy atom. The quantitative estimate of drug-likeness (QED) is 0.840. The van der Waals surface area contributed by atoms with E-state index in [1.54, 1.807) is 20.8 Å². The molecular formula is C14H16N2O3. The van der Waals surface area contributed by atoms with Crippen LogP contribution in [0.2, 0.25) is 0 Å². The number of aromatic nitrogens is 1. The molecule has 0 aliphatic rings. The van der Waals surface area contributed by atoms with E-state index in [1.165, 1.54) is 0 Å². The average molecular weight is 260 g/mol. The Morgan fingerprint density at radius 1 is 1.26 bits per heavy atom. The summed E-state index contributed by atoms with van der Waals surface area (Å²) in [5, 5.41) is 0. The molecule has 100 valence electrons. The molecule has 0 saturated heterocycles. The third-order valence-corrected chi connectivity index (χ3v) is 2.27. The van der Waals surface area contributed by atoms with Crippen molar-refractivity contribution in [2.24, 2.45) is 0 Å². The number of nitrogen functional groups attached to an aromatic ring is 1. The van der Waals surface area contributed by atoms with Crippen molar-refractivity contribution in [1.82, 2.24) is 4.98 Å². The summed E-state index contributed by atoms with van der Waals surface area (Å²) in [4.78, 5) is 16.0. The van der Waals surface area contributed by atoms with E-state index in [2.05, 4.69) is 4.98 Å². The van der Waals surface area contributed by atoms with E-state index < -0.39 is 11.6 Å². The van der Waals surface area contributed by atoms with Crippen molar-refractivity contribution in [2.45, 2.75) is 26.4 Å². The number of rotatable bonds is 2. The predicted molar refractivity (Wildman–Crippen MR) is 71.5 cm³/mol. The van der Waals surface area contributed by atoms with Gasteiger partial charge in [-0.2, -0.15) is 4.98 Å². The summed E-state index contributed by atoms with van der Waals surface area (Å²) in [6, 6.07) is 9.23. The van der Waals surface area contributed by atoms with Crippen LogP contribution >= 0.6 is 0 Å². The number of nitrogens with two attached hydrogens (primary N) is 1. The summed E-state index contributed by atoms with van der Waals surface area (Å²) in [5.74, 6) is -0.317. The molecule has 1 aromatic heterocycles. The number of hydrogen-bond acceptors (Lipinski definition) is 5. The first kappa shape index (κ1) is 13.1. The topological polar surface area (TPSA) is 78.3 Å². The average Bonchev–Trinajstić information content (AvgIpc) is 2.70. The SMILES string of the molecule is CC(C)(C)OC(=O)c1nc(-c2ccccc2)oc1N. The summed E-state index contributed by atoms with van der Waals surface area (Å²) >= 11 is 0. The predicted octanol–water partition coefficient (Wildman–Crippen LogP) is 2.88. The molecular weight excluding hydrogens is 244 g/mol. The Morgan fingerprint density at radius 3 is 2.47 bits per heavy atom. The minimum Gasteiger partial charge on any atom is -0.455 e. The first-order chi connectivity index (χ1) is 8.87. The number of carbonyl (C=O) groups is 1. The van der Waals surface area contributed by atoms with Crippen molar-refractivity contribution in [3.63, 3.8) is 0 Å². The molecule has 0 saturated carbocycles. The van der Waals surface area contributed by atoms with Crippen LogP contribution in [0.4, 0.5) is 5.88 Å². The highest BCUT2D eigenvalue weighted by Gasteiger charge is 2.24. The zero-order valence-corrected chi connectivity index (χ0v) is 11.1. The summed E-state index contributed by atoms with van der Waals surface area (Å²) in [7, 11) is 0. The number of ether oxygens (including phenoxy) is 1. The van der Waals surface area contributed by atoms with E-state index in [4.69, 9.17) is 14.9 Å². The van der Waals surface area contributed by atoms with Gasteiger partial charge in [-0.05, 0) is 32.9 Å². The van der Waals surface area contributed by atoms with Gasteiger partial charge in [0.25, 0.3) is 0 Å². The lowest BCUT2D eigenvalue weighted by Crippen LogP contribution is -2.24. The van der Waals surface area contributed by atoms with Crippen LogP contribution in [0.5, 0.6) is 0 Å². The van der Waals surface area contributed by atoms with Gasteiger partial charge in [-0.3, -0.25) is 0 Å². The monoisotopic (exact) mass is 260 g/mol. The van der Waals surface area contributed by atoms with Gasteiger partial charge in [-0.25, -0.2) is 4.79 Å². The number of nitrogens with zero attached hydrogens (tertiary/aromatic N) is 1. The molecule has 2 rings (SSSR count). The van der Waals surface area contributed by atoms with Crippen molar-refractivity contribution in [3.8, 4) is 11.5 Å². The lowest BCUT2D eigenvalue weighted by molar-refractivity contribution is 0.00645. The molecule has 2 N–H and O–H groups in total. The highest BCUT2D eigenvalue weighted by Crippen LogP contribution is 2.24. The van der Waals surface area contributed by atoms with Gasteiger partial charge in [0, 0.05) is 5.56 Å². The Balaban J connectivity index is 2.30. The van der Waals surface area contributed by atoms with Gasteiger partial charge in [0.15, 0.2) is 0 Å². The molecule has 0 unspecified atom stereocenters. The van der Waals surface area contributed by atoms with Gasteiger partial charge < -0.3 is 14.9 Å². The lowest BCUT2D eigenvalue weighted by Gasteiger charge is -2.18. The van der Waals surface area contributed by atoms with E-state index in [0.717, 1.165) is 5.56 Å². The summed E-state index contributed by atoms with van der Waals surface area (Å²) in [6.07, 6.45) is 0. The number of esters is 1. The fourth-order valence-electron chi connectivity index (χ4n) is 1.51. The van der Waals surface area contributed by atoms with Gasteiger partial charge in [0.05, 0.1) is 0 Å². The molecule has 0 aliphatic carbocycles. The number of carbonyl (C=O) groups excluding carboxylic acids is 1. The molecule has 0 atom stereocenters. The van der Waals surface area contributed by atoms with Crippen LogP contribution in [-0.4, -0.2) is 16.6 Å². The van der Waals surface area contributed by atoms with Crippen molar-refractivity contribution in [3.05, 3.63) is 36.0 Å². The maximum absolute atomic E-state index is 11.9. The second-order valence-corrected chi connectivity index (χ2v) is 5.10. The van der Waals surface area contributed by atoms with Crippen LogP contribution in [-0.2, 0) is 4.74 Å². The maximum atomic E-state index is 11.9. The molecule has 0 spiro atoms. The summed E-state index contributed by atoms with van der Waals surface area (Å²) < 4.78 is 10.5. The maximum Gasteiger partial charge on any atom is 0.363 e. The molecule has 19 heavy (non-hydrogen) atoms. The molecule has 0 radical (unpaired) electrons. The number of oxazole rings is 1. The van der Waals surface area contributed by atoms with Crippen molar-refractivity contribution in [2.75, 3.05) is 5.73 Å². The van der Waals surface area contributed by atoms with Gasteiger partial charge in [0.1, 0.15) is 5.60 Å². The van der Waals surface area contributed by atoms with Gasteiger partial charge in [-0.15, -0.1) is 0 Å². The number of hydrogen-bond donors (Lipinski definition) is 1. The standard InChI is InChI=1S/C14H16N2O3/c1-14(2,3)19-13(17)10-11(15)18-12(16-10)9-7-5-4-6-8-9/h4-8H,15H2,1-3H3. The third kappa shape index (κ3) is 3.13. The van der Waals surface area contributed by atoms with Crippen LogP contribution < -0.4 is 5.73 Å². The van der Waals surface area contributed by atoms with Crippen LogP contribution in [0.15, 0.2) is 34.7 Å². The Bertz CT molecular complexity index is 582. The second-order valence-electron chi connectivity index (χ2n) is 5.10. The Hall–Kier alpha value is -2.30. The minimum absolute atomic E-state index is 0.00813. The second kappa shape index (κ2) is 4.76. The zero-order chi connectivity index (χ0) is 14.0. The molecule has 2 aromatic rings. The largest absolute Gasteiger partial charge is 0.455 e. The molecule has 5 nitrogen and oxygen atoms in total. The first-order valence-electron chi connectivity index (χ1n) is 5.92. The molecule has 0 aliphatic heterocycles. The van der Waals surface area contributed by atoms with E-state index in [9.17, 15) is 4.79 Å². The molecule has 5 heteroatoms. The number of anilines is 1. The third-order valence-electron chi connectivity index (χ3n) is 2.27. The van der Waals surface area contributed by atoms with E-state index in [0.29, 0.717) is 5.89 Å². The van der Waals surface area contributed by atoms with E-state index in [1.807, 2.05) is 30.3 Å². The molecule has 1 aromatic carbocycles. The Kier molecular flexibility index (Phi) is 3.29. The summed E-state index contributed by atoms with van der Waals surface area (Å²) in [6.45, 7) is 5.33. The lowest BCUT2D eigenvalue weighted by atomic mass is 10.2. The van der Waals surface area contributed by atoms with Gasteiger partial charge >= 0.3 is 5.97 Å². The van der Waals surface area contributed by atoms with Gasteiger partial charge in [0.2, 0.25) is 17.5 Å². The molecule has 0 amide bonds. The first-order valence-corrected chi connectivity index (χ1v) is 5.92. The molecule has 0 bridgehead atoms. The van der Waals surface area contributed by atoms with Crippen LogP contribution in [0, 0.1) is 0 Å². The van der Waals surface area contributed by atoms with Crippen molar-refractivity contribution >= 4 is 11.9 Å². The fourth-order valence-corrected chi connectivity index (χ4v) is 1.51. The highest BCUT2D eigenvalue weighted by molar-refractivity contribution is 5.92. The van der Waals surface area contributed by atoms with Crippen LogP contribution in [0.1, 0.15) is 31.3 Å². The normalized spacial score (nSPS) is 11.3. The van der Waals surface area contributed by atoms with Gasteiger partial charge in [-0.1, -0.05) is 18.2 Å². The smallest absolute Gasteiger partial charge is 0.363 e. The fraction of sp³-hybridized carbons (Fsp3) is 0.286. The van der Waals surface area contributed by atoms with Crippen molar-refractivity contribution in [1.29, 1.82) is 0 Å². The molecule has 0 fully saturated rings. The minimum atomic E-state index is -0.602. The van der Waals surface area contributed by atoms with Crippen molar-refractivity contribution < 1.29 is 13.9 Å². The number of benzene rings is 1. The highest BCUT2D eigenvalue weighted by atomic mass is 16.6. The molecule has 1 heterocycles.